The van der Waals surface area contributed by atoms with Crippen LogP contribution in [0.3, 0.4) is 0 Å². The van der Waals surface area contributed by atoms with E-state index in [1.165, 1.54) is 0 Å². The van der Waals surface area contributed by atoms with Gasteiger partial charge in [-0.3, -0.25) is 0 Å². The zero-order valence-corrected chi connectivity index (χ0v) is 12.4. The van der Waals surface area contributed by atoms with Gasteiger partial charge in [-0.15, -0.1) is 0 Å². The Bertz CT molecular complexity index is 459. The lowest BCUT2D eigenvalue weighted by molar-refractivity contribution is 0.167. The lowest BCUT2D eigenvalue weighted by Gasteiger charge is -2.15. The molecule has 0 saturated heterocycles. The lowest BCUT2D eigenvalue weighted by Crippen LogP contribution is -2.34. The van der Waals surface area contributed by atoms with Gasteiger partial charge in [0.15, 0.2) is 0 Å². The molecule has 2 unspecified atom stereocenters. The molecule has 0 saturated carbocycles. The fourth-order valence-corrected chi connectivity index (χ4v) is 3.34. The molecule has 1 aromatic carbocycles. The molecule has 0 spiro atoms. The molecule has 0 aromatic heterocycles. The van der Waals surface area contributed by atoms with Gasteiger partial charge in [0.25, 0.3) is 0 Å². The van der Waals surface area contributed by atoms with E-state index < -0.39 is 16.1 Å². The van der Waals surface area contributed by atoms with Crippen LogP contribution in [0.2, 0.25) is 0 Å². The Labute approximate surface area is 115 Å². The first-order valence-electron chi connectivity index (χ1n) is 6.65. The Morgan fingerprint density at radius 2 is 1.89 bits per heavy atom. The van der Waals surface area contributed by atoms with Crippen molar-refractivity contribution in [1.29, 1.82) is 0 Å². The number of aliphatic hydroxyl groups is 1. The molecule has 108 valence electrons. The molecule has 5 heteroatoms. The molecule has 0 heterocycles. The number of hydrogen-bond acceptors (Lipinski definition) is 3. The zero-order valence-electron chi connectivity index (χ0n) is 11.5. The fourth-order valence-electron chi connectivity index (χ4n) is 1.92. The number of aliphatic hydroxyl groups excluding tert-OH is 1. The van der Waals surface area contributed by atoms with Gasteiger partial charge in [0, 0.05) is 6.54 Å². The smallest absolute Gasteiger partial charge is 0.212 e. The van der Waals surface area contributed by atoms with E-state index in [1.807, 2.05) is 44.2 Å². The van der Waals surface area contributed by atoms with Crippen LogP contribution in [-0.2, 0) is 10.0 Å². The maximum atomic E-state index is 11.9. The summed E-state index contributed by atoms with van der Waals surface area (Å²) in [4.78, 5) is 0. The molecule has 2 atom stereocenters. The van der Waals surface area contributed by atoms with Crippen molar-refractivity contribution >= 4 is 10.0 Å². The monoisotopic (exact) mass is 285 g/mol. The average Bonchev–Trinajstić information content (AvgIpc) is 2.37. The van der Waals surface area contributed by atoms with Crippen molar-refractivity contribution in [2.45, 2.75) is 38.7 Å². The quantitative estimate of drug-likeness (QED) is 0.766. The summed E-state index contributed by atoms with van der Waals surface area (Å²) in [5.74, 6) is -0.0300. The summed E-state index contributed by atoms with van der Waals surface area (Å²) in [6.07, 6.45) is 0.840. The van der Waals surface area contributed by atoms with E-state index in [1.54, 1.807) is 0 Å². The van der Waals surface area contributed by atoms with Crippen molar-refractivity contribution in [3.63, 3.8) is 0 Å². The Morgan fingerprint density at radius 1 is 1.26 bits per heavy atom. The maximum Gasteiger partial charge on any atom is 0.212 e. The minimum Gasteiger partial charge on any atom is -0.392 e. The van der Waals surface area contributed by atoms with Gasteiger partial charge in [-0.1, -0.05) is 50.6 Å². The van der Waals surface area contributed by atoms with E-state index in [0.717, 1.165) is 12.0 Å². The van der Waals surface area contributed by atoms with Gasteiger partial charge in [0.05, 0.1) is 11.9 Å². The molecule has 4 nitrogen and oxygen atoms in total. The van der Waals surface area contributed by atoms with Crippen LogP contribution in [-0.4, -0.2) is 31.9 Å². The molecule has 0 aliphatic carbocycles. The topological polar surface area (TPSA) is 66.4 Å². The summed E-state index contributed by atoms with van der Waals surface area (Å²) in [5, 5.41) is 9.54. The number of nitrogens with one attached hydrogen (secondary N) is 1. The largest absolute Gasteiger partial charge is 0.392 e. The summed E-state index contributed by atoms with van der Waals surface area (Å²) < 4.78 is 26.3. The van der Waals surface area contributed by atoms with Crippen molar-refractivity contribution in [3.8, 4) is 0 Å². The van der Waals surface area contributed by atoms with Gasteiger partial charge in [-0.2, -0.15) is 0 Å². The van der Waals surface area contributed by atoms with Crippen molar-refractivity contribution in [2.24, 2.45) is 0 Å². The van der Waals surface area contributed by atoms with Gasteiger partial charge >= 0.3 is 0 Å². The van der Waals surface area contributed by atoms with E-state index in [-0.39, 0.29) is 18.2 Å². The number of rotatable bonds is 8. The minimum absolute atomic E-state index is 0.0376. The second-order valence-electron chi connectivity index (χ2n) is 4.88. The molecule has 0 aliphatic heterocycles. The zero-order chi connectivity index (χ0) is 14.3. The molecule has 1 rings (SSSR count). The predicted octanol–water partition coefficient (Wildman–Crippen LogP) is 1.87. The third-order valence-electron chi connectivity index (χ3n) is 3.00. The molecular formula is C14H23NO3S. The normalized spacial score (nSPS) is 15.1. The van der Waals surface area contributed by atoms with Gasteiger partial charge in [-0.25, -0.2) is 13.1 Å². The van der Waals surface area contributed by atoms with Crippen molar-refractivity contribution in [3.05, 3.63) is 35.9 Å². The first kappa shape index (κ1) is 16.1. The van der Waals surface area contributed by atoms with Crippen LogP contribution < -0.4 is 4.72 Å². The maximum absolute atomic E-state index is 11.9. The van der Waals surface area contributed by atoms with E-state index in [2.05, 4.69) is 4.72 Å². The van der Waals surface area contributed by atoms with E-state index in [9.17, 15) is 13.5 Å². The van der Waals surface area contributed by atoms with Gasteiger partial charge in [0.2, 0.25) is 10.0 Å². The molecule has 0 aliphatic rings. The third kappa shape index (κ3) is 6.18. The first-order valence-corrected chi connectivity index (χ1v) is 8.30. The summed E-state index contributed by atoms with van der Waals surface area (Å²) in [5.41, 5.74) is 1.00. The second-order valence-corrected chi connectivity index (χ2v) is 6.74. The van der Waals surface area contributed by atoms with E-state index in [0.29, 0.717) is 6.42 Å². The van der Waals surface area contributed by atoms with Crippen LogP contribution in [0.5, 0.6) is 0 Å². The minimum atomic E-state index is -3.35. The van der Waals surface area contributed by atoms with E-state index in [4.69, 9.17) is 0 Å². The standard InChI is InChI=1S/C14H23NO3S/c1-3-7-14(16)10-15-19(17,18)11-12(2)13-8-5-4-6-9-13/h4-6,8-9,12,14-16H,3,7,10-11H2,1-2H3. The molecule has 0 bridgehead atoms. The van der Waals surface area contributed by atoms with Crippen molar-refractivity contribution < 1.29 is 13.5 Å². The molecule has 1 aromatic rings. The Morgan fingerprint density at radius 3 is 2.47 bits per heavy atom. The molecule has 0 amide bonds. The van der Waals surface area contributed by atoms with Gasteiger partial charge < -0.3 is 5.11 Å². The van der Waals surface area contributed by atoms with Crippen LogP contribution >= 0.6 is 0 Å². The lowest BCUT2D eigenvalue weighted by atomic mass is 10.0. The summed E-state index contributed by atoms with van der Waals surface area (Å²) in [6.45, 7) is 3.93. The van der Waals surface area contributed by atoms with Crippen LogP contribution in [0.25, 0.3) is 0 Å². The molecule has 0 radical (unpaired) electrons. The fraction of sp³-hybridized carbons (Fsp3) is 0.571. The highest BCUT2D eigenvalue weighted by atomic mass is 32.2. The summed E-state index contributed by atoms with van der Waals surface area (Å²) in [7, 11) is -3.35. The van der Waals surface area contributed by atoms with Crippen LogP contribution in [0.4, 0.5) is 0 Å². The molecular weight excluding hydrogens is 262 g/mol. The van der Waals surface area contributed by atoms with Crippen LogP contribution in [0.15, 0.2) is 30.3 Å². The third-order valence-corrected chi connectivity index (χ3v) is 4.54. The predicted molar refractivity (Wildman–Crippen MR) is 77.6 cm³/mol. The summed E-state index contributed by atoms with van der Waals surface area (Å²) >= 11 is 0. The molecule has 2 N–H and O–H groups in total. The average molecular weight is 285 g/mol. The summed E-state index contributed by atoms with van der Waals surface area (Å²) in [6, 6.07) is 9.55. The number of sulfonamides is 1. The van der Waals surface area contributed by atoms with Gasteiger partial charge in [0.1, 0.15) is 0 Å². The number of benzene rings is 1. The Hall–Kier alpha value is -0.910. The molecule has 0 fully saturated rings. The number of hydrogen-bond donors (Lipinski definition) is 2. The van der Waals surface area contributed by atoms with Crippen LogP contribution in [0.1, 0.15) is 38.2 Å². The van der Waals surface area contributed by atoms with Crippen LogP contribution in [0, 0.1) is 0 Å². The van der Waals surface area contributed by atoms with E-state index >= 15 is 0 Å². The second kappa shape index (κ2) is 7.62. The molecule has 19 heavy (non-hydrogen) atoms. The highest BCUT2D eigenvalue weighted by Crippen LogP contribution is 2.16. The Kier molecular flexibility index (Phi) is 6.48. The van der Waals surface area contributed by atoms with Crippen molar-refractivity contribution in [1.82, 2.24) is 4.72 Å². The SMILES string of the molecule is CCCC(O)CNS(=O)(=O)CC(C)c1ccccc1. The highest BCUT2D eigenvalue weighted by molar-refractivity contribution is 7.89. The van der Waals surface area contributed by atoms with Crippen molar-refractivity contribution in [2.75, 3.05) is 12.3 Å². The van der Waals surface area contributed by atoms with Gasteiger partial charge in [-0.05, 0) is 17.9 Å². The Balaban J connectivity index is 2.50. The first-order chi connectivity index (χ1) is 8.94. The highest BCUT2D eigenvalue weighted by Gasteiger charge is 2.17.